The Bertz CT molecular complexity index is 489. The van der Waals surface area contributed by atoms with Crippen molar-refractivity contribution in [2.75, 3.05) is 13.4 Å². The minimum Gasteiger partial charge on any atom is -0.466 e. The average Bonchev–Trinajstić information content (AvgIpc) is 2.45. The van der Waals surface area contributed by atoms with Crippen LogP contribution in [0.3, 0.4) is 0 Å². The summed E-state index contributed by atoms with van der Waals surface area (Å²) < 4.78 is 43.6. The molecule has 130 valence electrons. The monoisotopic (exact) mass is 354 g/mol. The molecule has 0 aromatic heterocycles. The zero-order chi connectivity index (χ0) is 18.0. The number of methoxy groups -OCH3 is 1. The van der Waals surface area contributed by atoms with Gasteiger partial charge in [0.05, 0.1) is 7.11 Å². The van der Waals surface area contributed by atoms with E-state index in [1.807, 2.05) is 30.3 Å². The molecule has 0 aliphatic rings. The lowest BCUT2D eigenvalue weighted by Crippen LogP contribution is -2.30. The second-order valence-electron chi connectivity index (χ2n) is 4.45. The Morgan fingerprint density at radius 3 is 2.13 bits per heavy atom. The smallest absolute Gasteiger partial charge is 0.466 e. The van der Waals surface area contributed by atoms with E-state index in [-0.39, 0.29) is 16.1 Å². The van der Waals surface area contributed by atoms with E-state index < -0.39 is 19.3 Å². The number of carbonyl (C=O) groups excluding carboxylic acids is 1. The van der Waals surface area contributed by atoms with Crippen LogP contribution in [0.15, 0.2) is 47.4 Å². The minimum absolute atomic E-state index is 0.0912. The highest BCUT2D eigenvalue weighted by Crippen LogP contribution is 2.19. The number of aliphatic hydroxyl groups is 1. The molecular formula is C14H19BF4O3S. The van der Waals surface area contributed by atoms with Crippen molar-refractivity contribution >= 4 is 24.1 Å². The van der Waals surface area contributed by atoms with Crippen molar-refractivity contribution in [2.45, 2.75) is 23.2 Å². The van der Waals surface area contributed by atoms with Crippen molar-refractivity contribution in [1.82, 2.24) is 0 Å². The molecule has 1 aromatic rings. The maximum absolute atomic E-state index is 11.1. The third-order valence-corrected chi connectivity index (χ3v) is 5.01. The zero-order valence-electron chi connectivity index (χ0n) is 13.0. The number of aliphatic hydroxyl groups excluding tert-OH is 1. The Labute approximate surface area is 135 Å². The number of benzene rings is 1. The van der Waals surface area contributed by atoms with Gasteiger partial charge in [-0.3, -0.25) is 0 Å². The lowest BCUT2D eigenvalue weighted by molar-refractivity contribution is -0.134. The second-order valence-corrected chi connectivity index (χ2v) is 6.58. The van der Waals surface area contributed by atoms with Gasteiger partial charge in [0, 0.05) is 17.0 Å². The number of hydrogen-bond donors (Lipinski definition) is 1. The molecule has 3 nitrogen and oxygen atoms in total. The van der Waals surface area contributed by atoms with Crippen molar-refractivity contribution in [1.29, 1.82) is 0 Å². The highest BCUT2D eigenvalue weighted by Gasteiger charge is 2.30. The highest BCUT2D eigenvalue weighted by atomic mass is 32.2. The first-order chi connectivity index (χ1) is 10.6. The van der Waals surface area contributed by atoms with E-state index >= 15 is 0 Å². The van der Waals surface area contributed by atoms with Gasteiger partial charge in [0.2, 0.25) is 0 Å². The molecule has 0 fully saturated rings. The summed E-state index contributed by atoms with van der Waals surface area (Å²) in [5.41, 5.74) is 0. The summed E-state index contributed by atoms with van der Waals surface area (Å²) in [6.45, 7) is 1.73. The summed E-state index contributed by atoms with van der Waals surface area (Å²) in [5.74, 6) is -0.397. The fourth-order valence-corrected chi connectivity index (χ4v) is 3.41. The zero-order valence-corrected chi connectivity index (χ0v) is 13.8. The lowest BCUT2D eigenvalue weighted by Gasteiger charge is -2.15. The van der Waals surface area contributed by atoms with E-state index in [9.17, 15) is 27.2 Å². The third-order valence-electron chi connectivity index (χ3n) is 2.62. The van der Waals surface area contributed by atoms with Gasteiger partial charge in [0.15, 0.2) is 10.1 Å². The average molecular weight is 354 g/mol. The largest absolute Gasteiger partial charge is 0.673 e. The normalized spacial score (nSPS) is 15.3. The van der Waals surface area contributed by atoms with Gasteiger partial charge in [-0.15, -0.1) is 0 Å². The Kier molecular flexibility index (Phi) is 9.67. The van der Waals surface area contributed by atoms with Crippen LogP contribution in [0.25, 0.3) is 0 Å². The van der Waals surface area contributed by atoms with E-state index in [0.29, 0.717) is 0 Å². The third kappa shape index (κ3) is 10.8. The molecule has 0 bridgehead atoms. The van der Waals surface area contributed by atoms with Gasteiger partial charge in [-0.1, -0.05) is 18.2 Å². The Hall–Kier alpha value is -1.48. The number of esters is 1. The SMILES string of the molecule is COC(=O)/C=C/[C@H]([C@H](C)O)[S+](C)c1ccccc1.F[B-](F)(F)F. The lowest BCUT2D eigenvalue weighted by atomic mass is 10.2. The second kappa shape index (κ2) is 10.3. The molecule has 23 heavy (non-hydrogen) atoms. The molecule has 1 N–H and O–H groups in total. The summed E-state index contributed by atoms with van der Waals surface area (Å²) in [6.07, 6.45) is 4.66. The molecule has 0 aliphatic heterocycles. The molecule has 9 heteroatoms. The van der Waals surface area contributed by atoms with Crippen molar-refractivity contribution in [3.8, 4) is 0 Å². The summed E-state index contributed by atoms with van der Waals surface area (Å²) in [4.78, 5) is 12.3. The molecule has 1 aromatic carbocycles. The molecule has 0 heterocycles. The standard InChI is InChI=1S/C14H19O3S.BF4/c1-11(15)13(9-10-14(16)17-2)18(3)12-7-5-4-6-8-12;2-1(3,4)5/h4-11,13,15H,1-3H3;/q+1;-1/b10-9+;/t11-,13+,18?;/m0./s1. The fourth-order valence-electron chi connectivity index (χ4n) is 1.61. The number of halogens is 4. The van der Waals surface area contributed by atoms with Gasteiger partial charge < -0.3 is 27.1 Å². The molecule has 0 radical (unpaired) electrons. The van der Waals surface area contributed by atoms with E-state index in [0.717, 1.165) is 4.90 Å². The van der Waals surface area contributed by atoms with Gasteiger partial charge >= 0.3 is 13.2 Å². The first kappa shape index (κ1) is 21.5. The van der Waals surface area contributed by atoms with Gasteiger partial charge in [0.25, 0.3) is 0 Å². The molecule has 0 saturated carbocycles. The number of carbonyl (C=O) groups is 1. The van der Waals surface area contributed by atoms with Gasteiger partial charge in [0.1, 0.15) is 12.4 Å². The summed E-state index contributed by atoms with van der Waals surface area (Å²) in [5, 5.41) is 9.74. The highest BCUT2D eigenvalue weighted by molar-refractivity contribution is 7.97. The van der Waals surface area contributed by atoms with Crippen LogP contribution in [0.1, 0.15) is 6.92 Å². The Morgan fingerprint density at radius 2 is 1.74 bits per heavy atom. The quantitative estimate of drug-likeness (QED) is 0.291. The van der Waals surface area contributed by atoms with Crippen LogP contribution in [0.2, 0.25) is 0 Å². The van der Waals surface area contributed by atoms with Crippen LogP contribution in [-0.2, 0) is 20.4 Å². The molecule has 1 rings (SSSR count). The predicted molar refractivity (Wildman–Crippen MR) is 84.8 cm³/mol. The summed E-state index contributed by atoms with van der Waals surface area (Å²) >= 11 is 0. The van der Waals surface area contributed by atoms with Crippen LogP contribution >= 0.6 is 0 Å². The van der Waals surface area contributed by atoms with Crippen molar-refractivity contribution in [2.24, 2.45) is 0 Å². The molecule has 3 atom stereocenters. The number of hydrogen-bond acceptors (Lipinski definition) is 3. The molecular weight excluding hydrogens is 335 g/mol. The Morgan fingerprint density at radius 1 is 1.26 bits per heavy atom. The number of ether oxygens (including phenoxy) is 1. The fraction of sp³-hybridized carbons (Fsp3) is 0.357. The molecule has 0 amide bonds. The summed E-state index contributed by atoms with van der Waals surface area (Å²) in [6, 6.07) is 9.97. The maximum atomic E-state index is 11.1. The van der Waals surface area contributed by atoms with Gasteiger partial charge in [-0.25, -0.2) is 4.79 Å². The minimum atomic E-state index is -6.00. The predicted octanol–water partition coefficient (Wildman–Crippen LogP) is 3.07. The molecule has 0 spiro atoms. The van der Waals surface area contributed by atoms with Crippen LogP contribution in [0, 0.1) is 0 Å². The van der Waals surface area contributed by atoms with E-state index in [2.05, 4.69) is 11.0 Å². The van der Waals surface area contributed by atoms with E-state index in [1.54, 1.807) is 13.0 Å². The van der Waals surface area contributed by atoms with Crippen LogP contribution < -0.4 is 0 Å². The first-order valence-corrected chi connectivity index (χ1v) is 8.27. The molecule has 0 saturated heterocycles. The van der Waals surface area contributed by atoms with E-state index in [1.165, 1.54) is 13.2 Å². The molecule has 0 aliphatic carbocycles. The van der Waals surface area contributed by atoms with Crippen LogP contribution in [0.5, 0.6) is 0 Å². The van der Waals surface area contributed by atoms with Crippen LogP contribution in [-0.4, -0.2) is 43.0 Å². The van der Waals surface area contributed by atoms with E-state index in [4.69, 9.17) is 0 Å². The van der Waals surface area contributed by atoms with Crippen molar-refractivity contribution in [3.05, 3.63) is 42.5 Å². The molecule has 1 unspecified atom stereocenters. The van der Waals surface area contributed by atoms with Crippen molar-refractivity contribution < 1.29 is 31.9 Å². The van der Waals surface area contributed by atoms with Gasteiger partial charge in [-0.2, -0.15) is 0 Å². The summed E-state index contributed by atoms with van der Waals surface area (Å²) in [7, 11) is -4.82. The maximum Gasteiger partial charge on any atom is 0.673 e. The van der Waals surface area contributed by atoms with Crippen LogP contribution in [0.4, 0.5) is 17.3 Å². The van der Waals surface area contributed by atoms with Gasteiger partial charge in [-0.05, 0) is 25.1 Å². The first-order valence-electron chi connectivity index (χ1n) is 6.57. The number of rotatable bonds is 5. The topological polar surface area (TPSA) is 46.5 Å². The Balaban J connectivity index is 0.000000841. The van der Waals surface area contributed by atoms with Crippen molar-refractivity contribution in [3.63, 3.8) is 0 Å².